The topological polar surface area (TPSA) is 82.0 Å². The minimum absolute atomic E-state index is 0.00885. The van der Waals surface area contributed by atoms with E-state index in [0.29, 0.717) is 0 Å². The Bertz CT molecular complexity index is 352. The van der Waals surface area contributed by atoms with E-state index in [0.717, 1.165) is 17.7 Å². The Morgan fingerprint density at radius 3 is 2.79 bits per heavy atom. The highest BCUT2D eigenvalue weighted by Gasteiger charge is 2.13. The van der Waals surface area contributed by atoms with Gasteiger partial charge >= 0.3 is 0 Å². The molecule has 76 valence electrons. The molecule has 0 radical (unpaired) electrons. The highest BCUT2D eigenvalue weighted by Crippen LogP contribution is 2.19. The van der Waals surface area contributed by atoms with Crippen molar-refractivity contribution in [2.75, 3.05) is 0 Å². The fraction of sp³-hybridized carbons (Fsp3) is 0.444. The van der Waals surface area contributed by atoms with Crippen LogP contribution >= 0.6 is 0 Å². The third-order valence-corrected chi connectivity index (χ3v) is 2.11. The van der Waals surface area contributed by atoms with E-state index in [-0.39, 0.29) is 11.7 Å². The normalized spacial score (nSPS) is 12.5. The molecule has 0 bridgehead atoms. The molecule has 1 heterocycles. The fourth-order valence-corrected chi connectivity index (χ4v) is 1.25. The van der Waals surface area contributed by atoms with Crippen LogP contribution in [0.4, 0.5) is 5.69 Å². The quantitative estimate of drug-likeness (QED) is 0.588. The second kappa shape index (κ2) is 4.15. The minimum Gasteiger partial charge on any atom is -0.323 e. The third kappa shape index (κ3) is 2.05. The standard InChI is InChI=1S/C9H13N3O2/c1-3-8(10)9-6(2)4-7(5-11-9)12(13)14/h4-5,8H,3,10H2,1-2H3/t8-/m1/s1. The Labute approximate surface area is 82.1 Å². The second-order valence-corrected chi connectivity index (χ2v) is 3.17. The number of aryl methyl sites for hydroxylation is 1. The summed E-state index contributed by atoms with van der Waals surface area (Å²) in [6.07, 6.45) is 2.02. The zero-order valence-electron chi connectivity index (χ0n) is 8.23. The maximum atomic E-state index is 10.4. The van der Waals surface area contributed by atoms with Crippen molar-refractivity contribution in [3.8, 4) is 0 Å². The monoisotopic (exact) mass is 195 g/mol. The molecule has 0 aliphatic rings. The number of nitrogens with two attached hydrogens (primary N) is 1. The molecule has 1 aromatic heterocycles. The second-order valence-electron chi connectivity index (χ2n) is 3.17. The first-order chi connectivity index (χ1) is 6.56. The van der Waals surface area contributed by atoms with Gasteiger partial charge in [-0.25, -0.2) is 0 Å². The van der Waals surface area contributed by atoms with Crippen molar-refractivity contribution < 1.29 is 4.92 Å². The largest absolute Gasteiger partial charge is 0.323 e. The van der Waals surface area contributed by atoms with Gasteiger partial charge in [0.05, 0.1) is 10.6 Å². The third-order valence-electron chi connectivity index (χ3n) is 2.11. The van der Waals surface area contributed by atoms with Gasteiger partial charge in [-0.05, 0) is 18.9 Å². The van der Waals surface area contributed by atoms with Crippen molar-refractivity contribution in [2.45, 2.75) is 26.3 Å². The number of nitro groups is 1. The van der Waals surface area contributed by atoms with Gasteiger partial charge in [0.15, 0.2) is 0 Å². The molecule has 0 fully saturated rings. The fourth-order valence-electron chi connectivity index (χ4n) is 1.25. The molecule has 0 aliphatic carbocycles. The van der Waals surface area contributed by atoms with Crippen molar-refractivity contribution in [1.82, 2.24) is 4.98 Å². The average molecular weight is 195 g/mol. The molecular weight excluding hydrogens is 182 g/mol. The molecule has 5 heteroatoms. The number of pyridine rings is 1. The molecule has 0 saturated heterocycles. The van der Waals surface area contributed by atoms with E-state index in [4.69, 9.17) is 5.73 Å². The summed E-state index contributed by atoms with van der Waals surface area (Å²) in [7, 11) is 0. The van der Waals surface area contributed by atoms with Gasteiger partial charge in [-0.15, -0.1) is 0 Å². The molecule has 1 atom stereocenters. The van der Waals surface area contributed by atoms with Crippen molar-refractivity contribution in [2.24, 2.45) is 5.73 Å². The van der Waals surface area contributed by atoms with Gasteiger partial charge in [-0.3, -0.25) is 15.1 Å². The number of hydrogen-bond acceptors (Lipinski definition) is 4. The Kier molecular flexibility index (Phi) is 3.14. The van der Waals surface area contributed by atoms with Crippen LogP contribution in [-0.2, 0) is 0 Å². The van der Waals surface area contributed by atoms with Crippen LogP contribution in [0, 0.1) is 17.0 Å². The molecule has 0 saturated carbocycles. The van der Waals surface area contributed by atoms with Crippen LogP contribution in [0.1, 0.15) is 30.6 Å². The van der Waals surface area contributed by atoms with Crippen LogP contribution in [-0.4, -0.2) is 9.91 Å². The molecule has 2 N–H and O–H groups in total. The van der Waals surface area contributed by atoms with Crippen LogP contribution < -0.4 is 5.73 Å². The van der Waals surface area contributed by atoms with Gasteiger partial charge in [-0.1, -0.05) is 6.92 Å². The zero-order valence-corrected chi connectivity index (χ0v) is 8.23. The van der Waals surface area contributed by atoms with Crippen molar-refractivity contribution in [1.29, 1.82) is 0 Å². The van der Waals surface area contributed by atoms with Gasteiger partial charge in [0.2, 0.25) is 0 Å². The van der Waals surface area contributed by atoms with E-state index in [9.17, 15) is 10.1 Å². The predicted molar refractivity (Wildman–Crippen MR) is 52.8 cm³/mol. The van der Waals surface area contributed by atoms with Crippen molar-refractivity contribution in [3.63, 3.8) is 0 Å². The van der Waals surface area contributed by atoms with Gasteiger partial charge in [-0.2, -0.15) is 0 Å². The van der Waals surface area contributed by atoms with Crippen LogP contribution in [0.2, 0.25) is 0 Å². The van der Waals surface area contributed by atoms with Gasteiger partial charge in [0.25, 0.3) is 5.69 Å². The van der Waals surface area contributed by atoms with E-state index in [2.05, 4.69) is 4.98 Å². The van der Waals surface area contributed by atoms with Gasteiger partial charge in [0.1, 0.15) is 6.20 Å². The Hall–Kier alpha value is -1.49. The highest BCUT2D eigenvalue weighted by atomic mass is 16.6. The van der Waals surface area contributed by atoms with Crippen LogP contribution in [0.15, 0.2) is 12.3 Å². The summed E-state index contributed by atoms with van der Waals surface area (Å²) < 4.78 is 0. The molecule has 0 aliphatic heterocycles. The Balaban J connectivity index is 3.07. The highest BCUT2D eigenvalue weighted by molar-refractivity contribution is 5.34. The summed E-state index contributed by atoms with van der Waals surface area (Å²) >= 11 is 0. The summed E-state index contributed by atoms with van der Waals surface area (Å²) in [6, 6.07) is 1.36. The first-order valence-corrected chi connectivity index (χ1v) is 4.42. The molecular formula is C9H13N3O2. The first kappa shape index (κ1) is 10.6. The molecule has 0 spiro atoms. The summed E-state index contributed by atoms with van der Waals surface area (Å²) in [5.41, 5.74) is 7.30. The van der Waals surface area contributed by atoms with Crippen molar-refractivity contribution >= 4 is 5.69 Å². The lowest BCUT2D eigenvalue weighted by Gasteiger charge is -2.10. The molecule has 0 aromatic carbocycles. The van der Waals surface area contributed by atoms with Crippen LogP contribution in [0.3, 0.4) is 0 Å². The number of hydrogen-bond donors (Lipinski definition) is 1. The van der Waals surface area contributed by atoms with E-state index in [1.54, 1.807) is 6.92 Å². The average Bonchev–Trinajstić information content (AvgIpc) is 2.16. The van der Waals surface area contributed by atoms with Crippen LogP contribution in [0.25, 0.3) is 0 Å². The van der Waals surface area contributed by atoms with Gasteiger partial charge < -0.3 is 5.73 Å². The van der Waals surface area contributed by atoms with Crippen LogP contribution in [0.5, 0.6) is 0 Å². The summed E-state index contributed by atoms with van der Waals surface area (Å²) in [4.78, 5) is 14.0. The Morgan fingerprint density at radius 2 is 2.36 bits per heavy atom. The minimum atomic E-state index is -0.457. The summed E-state index contributed by atoms with van der Waals surface area (Å²) in [5.74, 6) is 0. The number of rotatable bonds is 3. The SMILES string of the molecule is CC[C@@H](N)c1ncc([N+](=O)[O-])cc1C. The molecule has 5 nitrogen and oxygen atoms in total. The van der Waals surface area contributed by atoms with E-state index >= 15 is 0 Å². The maximum Gasteiger partial charge on any atom is 0.287 e. The number of aromatic nitrogens is 1. The molecule has 0 unspecified atom stereocenters. The lowest BCUT2D eigenvalue weighted by Crippen LogP contribution is -2.12. The van der Waals surface area contributed by atoms with Crippen molar-refractivity contribution in [3.05, 3.63) is 33.6 Å². The zero-order chi connectivity index (χ0) is 10.7. The molecule has 1 rings (SSSR count). The van der Waals surface area contributed by atoms with E-state index < -0.39 is 4.92 Å². The lowest BCUT2D eigenvalue weighted by atomic mass is 10.1. The lowest BCUT2D eigenvalue weighted by molar-refractivity contribution is -0.385. The van der Waals surface area contributed by atoms with E-state index in [1.165, 1.54) is 12.3 Å². The molecule has 14 heavy (non-hydrogen) atoms. The first-order valence-electron chi connectivity index (χ1n) is 4.42. The predicted octanol–water partition coefficient (Wildman–Crippen LogP) is 1.71. The van der Waals surface area contributed by atoms with Gasteiger partial charge in [0, 0.05) is 12.1 Å². The smallest absolute Gasteiger partial charge is 0.287 e. The molecule has 1 aromatic rings. The molecule has 0 amide bonds. The maximum absolute atomic E-state index is 10.4. The summed E-state index contributed by atoms with van der Waals surface area (Å²) in [5, 5.41) is 10.4. The Morgan fingerprint density at radius 1 is 1.71 bits per heavy atom. The summed E-state index contributed by atoms with van der Waals surface area (Å²) in [6.45, 7) is 3.73. The number of nitrogens with zero attached hydrogens (tertiary/aromatic N) is 2. The van der Waals surface area contributed by atoms with E-state index in [1.807, 2.05) is 6.92 Å².